The molecule has 32 heavy (non-hydrogen) atoms. The van der Waals surface area contributed by atoms with Gasteiger partial charge in [-0.2, -0.15) is 13.2 Å². The van der Waals surface area contributed by atoms with Crippen molar-refractivity contribution in [3.05, 3.63) is 64.7 Å². The van der Waals surface area contributed by atoms with Crippen LogP contribution in [0.15, 0.2) is 52.4 Å². The third-order valence-corrected chi connectivity index (χ3v) is 5.36. The van der Waals surface area contributed by atoms with Crippen LogP contribution in [0, 0.1) is 6.92 Å². The van der Waals surface area contributed by atoms with Crippen molar-refractivity contribution < 1.29 is 27.3 Å². The number of fused-ring (bicyclic) bond motifs is 1. The molecule has 164 valence electrons. The first-order chi connectivity index (χ1) is 15.2. The molecule has 0 saturated carbocycles. The number of amides is 2. The van der Waals surface area contributed by atoms with Crippen molar-refractivity contribution in [3.8, 4) is 10.6 Å². The van der Waals surface area contributed by atoms with Crippen molar-refractivity contribution in [3.63, 3.8) is 0 Å². The van der Waals surface area contributed by atoms with E-state index in [0.29, 0.717) is 16.8 Å². The molecule has 0 radical (unpaired) electrons. The summed E-state index contributed by atoms with van der Waals surface area (Å²) in [4.78, 5) is 30.3. The number of benzene rings is 1. The van der Waals surface area contributed by atoms with E-state index in [1.165, 1.54) is 35.6 Å². The topological polar surface area (TPSA) is 97.1 Å². The van der Waals surface area contributed by atoms with Crippen LogP contribution in [0.25, 0.3) is 21.7 Å². The third kappa shape index (κ3) is 4.62. The van der Waals surface area contributed by atoms with Gasteiger partial charge in [0.2, 0.25) is 0 Å². The Balaban J connectivity index is 1.62. The second kappa shape index (κ2) is 8.42. The van der Waals surface area contributed by atoms with Crippen LogP contribution in [0.3, 0.4) is 0 Å². The van der Waals surface area contributed by atoms with E-state index >= 15 is 0 Å². The first-order valence-corrected chi connectivity index (χ1v) is 10.2. The lowest BCUT2D eigenvalue weighted by Gasteiger charge is -2.10. The Labute approximate surface area is 183 Å². The predicted octanol–water partition coefficient (Wildman–Crippen LogP) is 4.80. The van der Waals surface area contributed by atoms with Crippen LogP contribution in [0.5, 0.6) is 0 Å². The standard InChI is InChI=1S/C21H15F3N4O3S/c1-11-17-14(9-15(16-6-3-7-32-16)27-20(17)31-28-11)19(30)26-13-5-2-4-12(8-13)18(29)25-10-21(22,23)24/h2-9H,10H2,1H3,(H,25,29)(H,26,30). The quantitative estimate of drug-likeness (QED) is 0.446. The molecule has 0 fully saturated rings. The molecule has 0 saturated heterocycles. The number of rotatable bonds is 5. The summed E-state index contributed by atoms with van der Waals surface area (Å²) in [5.41, 5.74) is 1.71. The molecule has 3 aromatic heterocycles. The molecule has 2 amide bonds. The minimum absolute atomic E-state index is 0.0210. The number of carbonyl (C=O) groups excluding carboxylic acids is 2. The van der Waals surface area contributed by atoms with Crippen LogP contribution in [0.1, 0.15) is 26.4 Å². The number of pyridine rings is 1. The Bertz CT molecular complexity index is 1300. The Morgan fingerprint density at radius 1 is 1.12 bits per heavy atom. The zero-order valence-corrected chi connectivity index (χ0v) is 17.3. The van der Waals surface area contributed by atoms with Crippen molar-refractivity contribution in [1.29, 1.82) is 0 Å². The largest absolute Gasteiger partial charge is 0.405 e. The molecule has 0 spiro atoms. The van der Waals surface area contributed by atoms with Crippen molar-refractivity contribution in [1.82, 2.24) is 15.5 Å². The highest BCUT2D eigenvalue weighted by Gasteiger charge is 2.28. The van der Waals surface area contributed by atoms with Gasteiger partial charge >= 0.3 is 6.18 Å². The lowest BCUT2D eigenvalue weighted by molar-refractivity contribution is -0.123. The summed E-state index contributed by atoms with van der Waals surface area (Å²) >= 11 is 1.45. The first kappa shape index (κ1) is 21.5. The summed E-state index contributed by atoms with van der Waals surface area (Å²) < 4.78 is 42.3. The van der Waals surface area contributed by atoms with Crippen LogP contribution in [0.2, 0.25) is 0 Å². The normalized spacial score (nSPS) is 11.5. The highest BCUT2D eigenvalue weighted by atomic mass is 32.1. The molecule has 1 aromatic carbocycles. The van der Waals surface area contributed by atoms with Crippen LogP contribution in [-0.2, 0) is 0 Å². The highest BCUT2D eigenvalue weighted by Crippen LogP contribution is 2.30. The molecule has 0 aliphatic heterocycles. The minimum atomic E-state index is -4.52. The zero-order chi connectivity index (χ0) is 22.9. The zero-order valence-electron chi connectivity index (χ0n) is 16.5. The number of thiophene rings is 1. The Hall–Kier alpha value is -3.73. The van der Waals surface area contributed by atoms with Crippen LogP contribution in [-0.4, -0.2) is 34.7 Å². The van der Waals surface area contributed by atoms with E-state index in [4.69, 9.17) is 4.52 Å². The number of aromatic nitrogens is 2. The van der Waals surface area contributed by atoms with Gasteiger partial charge in [-0.15, -0.1) is 11.3 Å². The lowest BCUT2D eigenvalue weighted by Crippen LogP contribution is -2.33. The fraction of sp³-hybridized carbons (Fsp3) is 0.143. The Kier molecular flexibility index (Phi) is 5.66. The Morgan fingerprint density at radius 3 is 2.66 bits per heavy atom. The second-order valence-electron chi connectivity index (χ2n) is 6.81. The number of hydrogen-bond acceptors (Lipinski definition) is 6. The fourth-order valence-electron chi connectivity index (χ4n) is 3.04. The van der Waals surface area contributed by atoms with Crippen molar-refractivity contribution in [2.75, 3.05) is 11.9 Å². The van der Waals surface area contributed by atoms with E-state index < -0.39 is 24.5 Å². The maximum Gasteiger partial charge on any atom is 0.405 e. The summed E-state index contributed by atoms with van der Waals surface area (Å²) in [7, 11) is 0. The molecule has 11 heteroatoms. The number of anilines is 1. The monoisotopic (exact) mass is 460 g/mol. The third-order valence-electron chi connectivity index (χ3n) is 4.47. The molecule has 4 aromatic rings. The van der Waals surface area contributed by atoms with Gasteiger partial charge in [-0.3, -0.25) is 9.59 Å². The highest BCUT2D eigenvalue weighted by molar-refractivity contribution is 7.13. The summed E-state index contributed by atoms with van der Waals surface area (Å²) in [6.45, 7) is 0.233. The number of aryl methyl sites for hydroxylation is 1. The molecule has 7 nitrogen and oxygen atoms in total. The van der Waals surface area contributed by atoms with E-state index in [2.05, 4.69) is 15.5 Å². The SMILES string of the molecule is Cc1noc2nc(-c3cccs3)cc(C(=O)Nc3cccc(C(=O)NCC(F)(F)F)c3)c12. The second-order valence-corrected chi connectivity index (χ2v) is 7.76. The minimum Gasteiger partial charge on any atom is -0.343 e. The Morgan fingerprint density at radius 2 is 1.94 bits per heavy atom. The van der Waals surface area contributed by atoms with E-state index in [1.54, 1.807) is 18.3 Å². The average Bonchev–Trinajstić information content (AvgIpc) is 3.41. The molecule has 0 atom stereocenters. The van der Waals surface area contributed by atoms with Crippen molar-refractivity contribution in [2.45, 2.75) is 13.1 Å². The van der Waals surface area contributed by atoms with E-state index in [0.717, 1.165) is 4.88 Å². The van der Waals surface area contributed by atoms with Gasteiger partial charge in [-0.1, -0.05) is 17.3 Å². The van der Waals surface area contributed by atoms with Crippen molar-refractivity contribution >= 4 is 39.9 Å². The van der Waals surface area contributed by atoms with Crippen LogP contribution in [0.4, 0.5) is 18.9 Å². The molecule has 4 rings (SSSR count). The van der Waals surface area contributed by atoms with Crippen LogP contribution < -0.4 is 10.6 Å². The molecule has 0 bridgehead atoms. The van der Waals surface area contributed by atoms with Gasteiger partial charge < -0.3 is 15.2 Å². The van der Waals surface area contributed by atoms with Gasteiger partial charge in [0.1, 0.15) is 6.54 Å². The number of carbonyl (C=O) groups is 2. The molecule has 0 aliphatic carbocycles. The molecular formula is C21H15F3N4O3S. The smallest absolute Gasteiger partial charge is 0.343 e. The summed E-state index contributed by atoms with van der Waals surface area (Å²) in [5.74, 6) is -1.41. The van der Waals surface area contributed by atoms with Gasteiger partial charge in [0, 0.05) is 11.3 Å². The van der Waals surface area contributed by atoms with Crippen molar-refractivity contribution in [2.24, 2.45) is 0 Å². The maximum atomic E-state index is 13.1. The molecule has 2 N–H and O–H groups in total. The van der Waals surface area contributed by atoms with E-state index in [-0.39, 0.29) is 22.5 Å². The number of hydrogen-bond donors (Lipinski definition) is 2. The number of halogens is 3. The number of nitrogens with zero attached hydrogens (tertiary/aromatic N) is 2. The fourth-order valence-corrected chi connectivity index (χ4v) is 3.73. The molecular weight excluding hydrogens is 445 g/mol. The van der Waals surface area contributed by atoms with E-state index in [1.807, 2.05) is 17.5 Å². The first-order valence-electron chi connectivity index (χ1n) is 9.28. The molecule has 3 heterocycles. The summed E-state index contributed by atoms with van der Waals surface area (Å²) in [6.07, 6.45) is -4.52. The number of alkyl halides is 3. The van der Waals surface area contributed by atoms with Gasteiger partial charge in [-0.25, -0.2) is 4.98 Å². The predicted molar refractivity (Wildman–Crippen MR) is 113 cm³/mol. The average molecular weight is 460 g/mol. The number of nitrogens with one attached hydrogen (secondary N) is 2. The summed E-state index contributed by atoms with van der Waals surface area (Å²) in [5, 5.41) is 10.7. The summed E-state index contributed by atoms with van der Waals surface area (Å²) in [6, 6.07) is 11.0. The molecule has 0 unspecified atom stereocenters. The lowest BCUT2D eigenvalue weighted by atomic mass is 10.1. The van der Waals surface area contributed by atoms with Gasteiger partial charge in [-0.05, 0) is 42.6 Å². The maximum absolute atomic E-state index is 13.1. The van der Waals surface area contributed by atoms with Gasteiger partial charge in [0.25, 0.3) is 17.5 Å². The van der Waals surface area contributed by atoms with Gasteiger partial charge in [0.15, 0.2) is 0 Å². The van der Waals surface area contributed by atoms with Gasteiger partial charge in [0.05, 0.1) is 27.2 Å². The van der Waals surface area contributed by atoms with Crippen LogP contribution >= 0.6 is 11.3 Å². The molecule has 0 aliphatic rings. The van der Waals surface area contributed by atoms with E-state index in [9.17, 15) is 22.8 Å².